The fourth-order valence-electron chi connectivity index (χ4n) is 1.84. The van der Waals surface area contributed by atoms with Gasteiger partial charge in [-0.3, -0.25) is 0 Å². The Labute approximate surface area is 141 Å². The number of rotatable bonds is 5. The van der Waals surface area contributed by atoms with E-state index in [1.807, 2.05) is 12.1 Å². The number of pyridine rings is 2. The van der Waals surface area contributed by atoms with Crippen LogP contribution in [0.3, 0.4) is 0 Å². The van der Waals surface area contributed by atoms with Gasteiger partial charge in [-0.1, -0.05) is 0 Å². The summed E-state index contributed by atoms with van der Waals surface area (Å²) in [6.07, 6.45) is 6.55. The van der Waals surface area contributed by atoms with Gasteiger partial charge in [0.15, 0.2) is 12.4 Å². The van der Waals surface area contributed by atoms with Gasteiger partial charge < -0.3 is 17.0 Å². The molecule has 0 N–H and O–H groups in total. The molecular weight excluding hydrogens is 436 g/mol. The highest BCUT2D eigenvalue weighted by Gasteiger charge is 2.08. The zero-order valence-corrected chi connectivity index (χ0v) is 15.2. The fourth-order valence-corrected chi connectivity index (χ4v) is 2.73. The second-order valence-electron chi connectivity index (χ2n) is 4.14. The largest absolute Gasteiger partial charge is 1.00 e. The normalized spacial score (nSPS) is 10.0. The number of aryl methyl sites for hydroxylation is 2. The van der Waals surface area contributed by atoms with Crippen molar-refractivity contribution >= 4 is 31.9 Å². The number of nitrogens with zero attached hydrogens (tertiary/aromatic N) is 2. The van der Waals surface area contributed by atoms with E-state index in [1.54, 1.807) is 0 Å². The van der Waals surface area contributed by atoms with Crippen LogP contribution in [-0.4, -0.2) is 0 Å². The summed E-state index contributed by atoms with van der Waals surface area (Å²) in [7, 11) is 0. The minimum atomic E-state index is 0. The van der Waals surface area contributed by atoms with Crippen molar-refractivity contribution in [3.63, 3.8) is 0 Å². The van der Waals surface area contributed by atoms with Crippen LogP contribution >= 0.6 is 31.9 Å². The Bertz CT molecular complexity index is 470. The molecule has 0 saturated heterocycles. The fraction of sp³-hybridized carbons (Fsp3) is 0.286. The summed E-state index contributed by atoms with van der Waals surface area (Å²) in [6, 6.07) is 12.3. The Balaban J connectivity index is 0.00000180. The summed E-state index contributed by atoms with van der Waals surface area (Å²) in [5.41, 5.74) is 0. The van der Waals surface area contributed by atoms with Crippen LogP contribution in [-0.2, 0) is 13.1 Å². The number of hydrogen-bond donors (Lipinski definition) is 0. The molecule has 5 heteroatoms. The lowest BCUT2D eigenvalue weighted by atomic mass is 10.3. The van der Waals surface area contributed by atoms with Crippen molar-refractivity contribution in [2.75, 3.05) is 0 Å². The zero-order valence-electron chi connectivity index (χ0n) is 10.5. The molecule has 0 aromatic carbocycles. The molecule has 0 amide bonds. The van der Waals surface area contributed by atoms with E-state index in [0.717, 1.165) is 22.3 Å². The van der Waals surface area contributed by atoms with Crippen molar-refractivity contribution < 1.29 is 26.1 Å². The van der Waals surface area contributed by atoms with Crippen molar-refractivity contribution in [1.82, 2.24) is 0 Å². The van der Waals surface area contributed by atoms with Crippen LogP contribution in [0.4, 0.5) is 0 Å². The third kappa shape index (κ3) is 5.32. The van der Waals surface area contributed by atoms with Gasteiger partial charge >= 0.3 is 0 Å². The van der Waals surface area contributed by atoms with E-state index in [-0.39, 0.29) is 17.0 Å². The van der Waals surface area contributed by atoms with Crippen molar-refractivity contribution in [3.05, 3.63) is 58.0 Å². The number of hydrogen-bond acceptors (Lipinski definition) is 0. The molecule has 19 heavy (non-hydrogen) atoms. The summed E-state index contributed by atoms with van der Waals surface area (Å²) in [5, 5.41) is 0. The SMILES string of the molecule is Brc1cccc[n+]1CCCC[n+]1ccccc1Br.[Br-]. The van der Waals surface area contributed by atoms with Crippen molar-refractivity contribution in [3.8, 4) is 0 Å². The van der Waals surface area contributed by atoms with Crippen LogP contribution in [0, 0.1) is 0 Å². The van der Waals surface area contributed by atoms with Gasteiger partial charge in [0, 0.05) is 69.0 Å². The summed E-state index contributed by atoms with van der Waals surface area (Å²) in [6.45, 7) is 2.10. The maximum absolute atomic E-state index is 3.56. The first kappa shape index (κ1) is 16.8. The first-order valence-corrected chi connectivity index (χ1v) is 7.64. The molecule has 102 valence electrons. The van der Waals surface area contributed by atoms with Gasteiger partial charge in [-0.15, -0.1) is 0 Å². The monoisotopic (exact) mass is 449 g/mol. The lowest BCUT2D eigenvalue weighted by molar-refractivity contribution is -0.718. The Morgan fingerprint density at radius 3 is 1.53 bits per heavy atom. The lowest BCUT2D eigenvalue weighted by Gasteiger charge is -1.99. The maximum atomic E-state index is 3.56. The minimum Gasteiger partial charge on any atom is -1.00 e. The average Bonchev–Trinajstić information content (AvgIpc) is 2.38. The molecule has 0 spiro atoms. The molecule has 0 aliphatic carbocycles. The van der Waals surface area contributed by atoms with Gasteiger partial charge in [-0.2, -0.15) is 9.13 Å². The molecule has 2 aromatic rings. The Morgan fingerprint density at radius 1 is 0.737 bits per heavy atom. The maximum Gasteiger partial charge on any atom is 0.247 e. The third-order valence-corrected chi connectivity index (χ3v) is 4.26. The predicted molar refractivity (Wildman–Crippen MR) is 77.9 cm³/mol. The van der Waals surface area contributed by atoms with Gasteiger partial charge in [-0.25, -0.2) is 0 Å². The molecule has 0 aliphatic heterocycles. The molecule has 2 nitrogen and oxygen atoms in total. The molecule has 2 heterocycles. The highest BCUT2D eigenvalue weighted by atomic mass is 79.9. The summed E-state index contributed by atoms with van der Waals surface area (Å²) in [5.74, 6) is 0. The van der Waals surface area contributed by atoms with Gasteiger partial charge in [0.1, 0.15) is 13.1 Å². The molecule has 2 rings (SSSR count). The van der Waals surface area contributed by atoms with Crippen molar-refractivity contribution in [2.24, 2.45) is 0 Å². The van der Waals surface area contributed by atoms with Crippen molar-refractivity contribution in [2.45, 2.75) is 25.9 Å². The highest BCUT2D eigenvalue weighted by molar-refractivity contribution is 9.10. The van der Waals surface area contributed by atoms with Crippen LogP contribution in [0.25, 0.3) is 0 Å². The summed E-state index contributed by atoms with van der Waals surface area (Å²) >= 11 is 7.11. The van der Waals surface area contributed by atoms with Crippen molar-refractivity contribution in [1.29, 1.82) is 0 Å². The van der Waals surface area contributed by atoms with Gasteiger partial charge in [-0.05, 0) is 12.1 Å². The second kappa shape index (κ2) is 8.82. The lowest BCUT2D eigenvalue weighted by Crippen LogP contribution is -3.00. The first-order valence-electron chi connectivity index (χ1n) is 6.05. The van der Waals surface area contributed by atoms with Crippen LogP contribution in [0.2, 0.25) is 0 Å². The van der Waals surface area contributed by atoms with Gasteiger partial charge in [0.2, 0.25) is 9.21 Å². The first-order chi connectivity index (χ1) is 8.77. The molecule has 0 radical (unpaired) electrons. The molecule has 0 atom stereocenters. The quantitative estimate of drug-likeness (QED) is 0.350. The van der Waals surface area contributed by atoms with E-state index < -0.39 is 0 Å². The van der Waals surface area contributed by atoms with E-state index >= 15 is 0 Å². The number of unbranched alkanes of at least 4 members (excludes halogenated alkanes) is 1. The van der Waals surface area contributed by atoms with Crippen LogP contribution in [0.15, 0.2) is 58.0 Å². The van der Waals surface area contributed by atoms with E-state index in [0.29, 0.717) is 0 Å². The molecule has 0 aliphatic rings. The number of aromatic nitrogens is 2. The number of halogens is 3. The zero-order chi connectivity index (χ0) is 12.8. The highest BCUT2D eigenvalue weighted by Crippen LogP contribution is 2.03. The second-order valence-corrected chi connectivity index (χ2v) is 5.77. The van der Waals surface area contributed by atoms with Crippen LogP contribution < -0.4 is 26.1 Å². The van der Waals surface area contributed by atoms with E-state index in [9.17, 15) is 0 Å². The molecule has 0 fully saturated rings. The summed E-state index contributed by atoms with van der Waals surface area (Å²) in [4.78, 5) is 0. The molecule has 0 unspecified atom stereocenters. The van der Waals surface area contributed by atoms with Crippen LogP contribution in [0.1, 0.15) is 12.8 Å². The molecule has 0 bridgehead atoms. The Hall–Kier alpha value is -0.260. The molecule has 2 aromatic heterocycles. The van der Waals surface area contributed by atoms with Gasteiger partial charge in [0.25, 0.3) is 0 Å². The Kier molecular flexibility index (Phi) is 7.80. The molecular formula is C14H16Br3N2+. The van der Waals surface area contributed by atoms with Crippen LogP contribution in [0.5, 0.6) is 0 Å². The predicted octanol–water partition coefficient (Wildman–Crippen LogP) is 0.271. The van der Waals surface area contributed by atoms with E-state index in [1.165, 1.54) is 12.8 Å². The average molecular weight is 452 g/mol. The summed E-state index contributed by atoms with van der Waals surface area (Å²) < 4.78 is 6.73. The van der Waals surface area contributed by atoms with Gasteiger partial charge in [0.05, 0.1) is 0 Å². The molecule has 0 saturated carbocycles. The smallest absolute Gasteiger partial charge is 0.247 e. The topological polar surface area (TPSA) is 7.76 Å². The third-order valence-electron chi connectivity index (χ3n) is 2.82. The van der Waals surface area contributed by atoms with E-state index in [2.05, 4.69) is 77.7 Å². The minimum absolute atomic E-state index is 0. The Morgan fingerprint density at radius 2 is 1.16 bits per heavy atom. The standard InChI is InChI=1S/C14H16Br2N2.BrH/c15-13-7-1-3-9-17(13)11-5-6-12-18-10-4-2-8-14(18)16;/h1-4,7-10H,5-6,11-12H2;1H/q+2;/p-1. The van der Waals surface area contributed by atoms with E-state index in [4.69, 9.17) is 0 Å².